The molecule has 0 aromatic heterocycles. The Balaban J connectivity index is 2.10. The van der Waals surface area contributed by atoms with Gasteiger partial charge in [-0.1, -0.05) is 0 Å². The second-order valence-electron chi connectivity index (χ2n) is 5.26. The summed E-state index contributed by atoms with van der Waals surface area (Å²) in [7, 11) is -3.02. The number of alkyl halides is 3. The van der Waals surface area contributed by atoms with Crippen molar-refractivity contribution in [1.82, 2.24) is 4.72 Å². The summed E-state index contributed by atoms with van der Waals surface area (Å²) in [6, 6.07) is 7.99. The van der Waals surface area contributed by atoms with Crippen molar-refractivity contribution in [2.24, 2.45) is 0 Å². The molecule has 0 unspecified atom stereocenters. The van der Waals surface area contributed by atoms with Crippen molar-refractivity contribution < 1.29 is 35.5 Å². The molecule has 0 heterocycles. The third-order valence-corrected chi connectivity index (χ3v) is 4.72. The minimum atomic E-state index is -4.69. The number of sulfonamides is 1. The number of anilines is 1. The van der Waals surface area contributed by atoms with Crippen molar-refractivity contribution in [1.29, 1.82) is 0 Å². The van der Waals surface area contributed by atoms with Crippen LogP contribution in [0.3, 0.4) is 0 Å². The molecule has 0 atom stereocenters. The highest BCUT2D eigenvalue weighted by Gasteiger charge is 2.30. The van der Waals surface area contributed by atoms with E-state index in [-0.39, 0.29) is 17.0 Å². The first-order chi connectivity index (χ1) is 12.5. The van der Waals surface area contributed by atoms with E-state index in [4.69, 9.17) is 4.74 Å². The van der Waals surface area contributed by atoms with Gasteiger partial charge in [0.2, 0.25) is 10.0 Å². The molecule has 0 aliphatic rings. The largest absolute Gasteiger partial charge is 0.497 e. The molecular formula is C16H14F4N2O4S. The van der Waals surface area contributed by atoms with Gasteiger partial charge in [-0.25, -0.2) is 17.5 Å². The maximum absolute atomic E-state index is 13.9. The van der Waals surface area contributed by atoms with Gasteiger partial charge in [0, 0.05) is 11.8 Å². The van der Waals surface area contributed by atoms with Crippen molar-refractivity contribution in [3.63, 3.8) is 0 Å². The fourth-order valence-corrected chi connectivity index (χ4v) is 3.00. The summed E-state index contributed by atoms with van der Waals surface area (Å²) >= 11 is 0. The first kappa shape index (κ1) is 20.6. The minimum Gasteiger partial charge on any atom is -0.497 e. The highest BCUT2D eigenvalue weighted by molar-refractivity contribution is 7.89. The van der Waals surface area contributed by atoms with E-state index in [0.29, 0.717) is 0 Å². The predicted molar refractivity (Wildman–Crippen MR) is 88.6 cm³/mol. The molecule has 2 aromatic rings. The Morgan fingerprint density at radius 2 is 1.74 bits per heavy atom. The van der Waals surface area contributed by atoms with E-state index < -0.39 is 39.4 Å². The summed E-state index contributed by atoms with van der Waals surface area (Å²) in [5, 5.41) is 2.36. The Hall–Kier alpha value is -2.66. The maximum Gasteiger partial charge on any atom is 0.402 e. The fourth-order valence-electron chi connectivity index (χ4n) is 1.98. The Bertz CT molecular complexity index is 928. The van der Waals surface area contributed by atoms with Crippen LogP contribution in [0, 0.1) is 5.82 Å². The summed E-state index contributed by atoms with van der Waals surface area (Å²) in [5.74, 6) is -1.38. The van der Waals surface area contributed by atoms with Gasteiger partial charge in [-0.3, -0.25) is 4.79 Å². The van der Waals surface area contributed by atoms with Crippen LogP contribution in [0.2, 0.25) is 0 Å². The molecule has 11 heteroatoms. The lowest BCUT2D eigenvalue weighted by Crippen LogP contribution is -2.33. The normalized spacial score (nSPS) is 11.9. The van der Waals surface area contributed by atoms with E-state index in [1.807, 2.05) is 0 Å². The van der Waals surface area contributed by atoms with E-state index in [9.17, 15) is 30.8 Å². The number of halogens is 4. The van der Waals surface area contributed by atoms with Crippen LogP contribution < -0.4 is 14.8 Å². The van der Waals surface area contributed by atoms with Crippen LogP contribution in [0.15, 0.2) is 47.4 Å². The molecular weight excluding hydrogens is 392 g/mol. The third kappa shape index (κ3) is 5.66. The molecule has 0 fully saturated rings. The van der Waals surface area contributed by atoms with Gasteiger partial charge < -0.3 is 10.1 Å². The zero-order valence-corrected chi connectivity index (χ0v) is 14.6. The third-order valence-electron chi connectivity index (χ3n) is 3.31. The number of benzene rings is 2. The lowest BCUT2D eigenvalue weighted by atomic mass is 10.2. The zero-order chi connectivity index (χ0) is 20.2. The van der Waals surface area contributed by atoms with Crippen molar-refractivity contribution in [3.8, 4) is 5.75 Å². The number of ether oxygens (including phenoxy) is 1. The molecule has 2 aromatic carbocycles. The number of carbonyl (C=O) groups is 1. The molecule has 0 saturated carbocycles. The van der Waals surface area contributed by atoms with Crippen molar-refractivity contribution in [2.75, 3.05) is 19.0 Å². The molecule has 2 rings (SSSR count). The molecule has 0 aliphatic heterocycles. The summed E-state index contributed by atoms with van der Waals surface area (Å²) in [6.45, 7) is -1.70. The van der Waals surface area contributed by atoms with Crippen LogP contribution >= 0.6 is 0 Å². The summed E-state index contributed by atoms with van der Waals surface area (Å²) in [4.78, 5) is 11.7. The standard InChI is InChI=1S/C16H14F4N2O4S/c1-26-11-4-7-13(14(17)8-11)15(23)22-10-2-5-12(6-3-10)27(24,25)21-9-16(18,19)20/h2-8,21H,9H2,1H3,(H,22,23). The van der Waals surface area contributed by atoms with Gasteiger partial charge in [0.1, 0.15) is 18.1 Å². The molecule has 0 saturated heterocycles. The Morgan fingerprint density at radius 1 is 1.11 bits per heavy atom. The zero-order valence-electron chi connectivity index (χ0n) is 13.8. The van der Waals surface area contributed by atoms with Crippen molar-refractivity contribution in [3.05, 3.63) is 53.8 Å². The van der Waals surface area contributed by atoms with Gasteiger partial charge in [0.15, 0.2) is 0 Å². The predicted octanol–water partition coefficient (Wildman–Crippen LogP) is 2.93. The molecule has 2 N–H and O–H groups in total. The second kappa shape index (κ2) is 7.92. The van der Waals surface area contributed by atoms with Gasteiger partial charge in [-0.15, -0.1) is 0 Å². The molecule has 0 spiro atoms. The van der Waals surface area contributed by atoms with Crippen LogP contribution in [0.4, 0.5) is 23.2 Å². The molecule has 1 amide bonds. The Kier molecular flexibility index (Phi) is 6.06. The van der Waals surface area contributed by atoms with E-state index in [2.05, 4.69) is 5.32 Å². The highest BCUT2D eigenvalue weighted by atomic mass is 32.2. The van der Waals surface area contributed by atoms with Gasteiger partial charge >= 0.3 is 6.18 Å². The number of amides is 1. The lowest BCUT2D eigenvalue weighted by molar-refractivity contribution is -0.121. The summed E-state index contributed by atoms with van der Waals surface area (Å²) < 4.78 is 80.1. The molecule has 6 nitrogen and oxygen atoms in total. The Labute approximate surface area is 152 Å². The number of methoxy groups -OCH3 is 1. The average Bonchev–Trinajstić information content (AvgIpc) is 2.59. The minimum absolute atomic E-state index is 0.130. The quantitative estimate of drug-likeness (QED) is 0.723. The Morgan fingerprint density at radius 3 is 2.26 bits per heavy atom. The number of carbonyl (C=O) groups excluding carboxylic acids is 1. The van der Waals surface area contributed by atoms with E-state index in [0.717, 1.165) is 18.2 Å². The maximum atomic E-state index is 13.9. The van der Waals surface area contributed by atoms with Gasteiger partial charge in [-0.05, 0) is 36.4 Å². The van der Waals surface area contributed by atoms with Crippen LogP contribution in [-0.2, 0) is 10.0 Å². The van der Waals surface area contributed by atoms with E-state index >= 15 is 0 Å². The highest BCUT2D eigenvalue weighted by Crippen LogP contribution is 2.20. The monoisotopic (exact) mass is 406 g/mol. The van der Waals surface area contributed by atoms with Gasteiger partial charge in [0.05, 0.1) is 17.6 Å². The van der Waals surface area contributed by atoms with Gasteiger partial charge in [0.25, 0.3) is 5.91 Å². The van der Waals surface area contributed by atoms with Gasteiger partial charge in [-0.2, -0.15) is 13.2 Å². The second-order valence-corrected chi connectivity index (χ2v) is 7.03. The first-order valence-electron chi connectivity index (χ1n) is 7.33. The molecule has 0 aliphatic carbocycles. The van der Waals surface area contributed by atoms with Crippen LogP contribution in [0.1, 0.15) is 10.4 Å². The molecule has 0 radical (unpaired) electrons. The first-order valence-corrected chi connectivity index (χ1v) is 8.81. The molecule has 146 valence electrons. The van der Waals surface area contributed by atoms with E-state index in [1.54, 1.807) is 0 Å². The average molecular weight is 406 g/mol. The number of rotatable bonds is 6. The number of hydrogen-bond donors (Lipinski definition) is 2. The van der Waals surface area contributed by atoms with Crippen LogP contribution in [0.5, 0.6) is 5.75 Å². The topological polar surface area (TPSA) is 84.5 Å². The van der Waals surface area contributed by atoms with Crippen LogP contribution in [0.25, 0.3) is 0 Å². The van der Waals surface area contributed by atoms with Crippen LogP contribution in [-0.4, -0.2) is 34.2 Å². The SMILES string of the molecule is COc1ccc(C(=O)Nc2ccc(S(=O)(=O)NCC(F)(F)F)cc2)c(F)c1. The molecule has 0 bridgehead atoms. The van der Waals surface area contributed by atoms with Crippen molar-refractivity contribution in [2.45, 2.75) is 11.1 Å². The number of nitrogens with one attached hydrogen (secondary N) is 2. The lowest BCUT2D eigenvalue weighted by Gasteiger charge is -2.10. The smallest absolute Gasteiger partial charge is 0.402 e. The van der Waals surface area contributed by atoms with E-state index in [1.165, 1.54) is 36.1 Å². The summed E-state index contributed by atoms with van der Waals surface area (Å²) in [6.07, 6.45) is -4.69. The van der Waals surface area contributed by atoms with Crippen molar-refractivity contribution >= 4 is 21.6 Å². The number of hydrogen-bond acceptors (Lipinski definition) is 4. The molecule has 27 heavy (non-hydrogen) atoms. The fraction of sp³-hybridized carbons (Fsp3) is 0.188. The summed E-state index contributed by atoms with van der Waals surface area (Å²) in [5.41, 5.74) is -0.135.